The lowest BCUT2D eigenvalue weighted by Gasteiger charge is -2.26. The van der Waals surface area contributed by atoms with Gasteiger partial charge in [0, 0.05) is 25.2 Å². The van der Waals surface area contributed by atoms with Crippen molar-refractivity contribution in [3.8, 4) is 0 Å². The molecule has 1 fully saturated rings. The molecule has 0 unspecified atom stereocenters. The van der Waals surface area contributed by atoms with Crippen LogP contribution in [0.15, 0.2) is 48.5 Å². The average molecular weight is 417 g/mol. The number of rotatable bonds is 7. The van der Waals surface area contributed by atoms with Gasteiger partial charge in [-0.1, -0.05) is 50.2 Å². The number of carbonyl (C=O) groups is 1. The number of hydrogen-bond donors (Lipinski definition) is 1. The van der Waals surface area contributed by atoms with Gasteiger partial charge in [-0.25, -0.2) is 8.42 Å². The molecule has 3 rings (SSSR count). The first-order chi connectivity index (χ1) is 13.9. The lowest BCUT2D eigenvalue weighted by molar-refractivity contribution is 0.0729. The van der Waals surface area contributed by atoms with E-state index in [2.05, 4.69) is 19.2 Å². The second kappa shape index (κ2) is 9.52. The van der Waals surface area contributed by atoms with Gasteiger partial charge in [0.2, 0.25) is 10.0 Å². The maximum atomic E-state index is 12.7. The van der Waals surface area contributed by atoms with Crippen molar-refractivity contribution in [3.05, 3.63) is 70.8 Å². The quantitative estimate of drug-likeness (QED) is 0.753. The Morgan fingerprint density at radius 3 is 2.28 bits per heavy atom. The maximum Gasteiger partial charge on any atom is 0.251 e. The van der Waals surface area contributed by atoms with Crippen LogP contribution >= 0.6 is 0 Å². The molecular weight excluding hydrogens is 388 g/mol. The van der Waals surface area contributed by atoms with Crippen LogP contribution in [0.1, 0.15) is 46.8 Å². The SMILES string of the molecule is CC(C)c1ccc(C(=O)NCc2ccccc2CS(=O)(=O)N2CCOCC2)cc1. The fraction of sp³-hybridized carbons (Fsp3) is 0.409. The van der Waals surface area contributed by atoms with Crippen LogP contribution in [0.5, 0.6) is 0 Å². The Balaban J connectivity index is 1.66. The van der Waals surface area contributed by atoms with Crippen molar-refractivity contribution in [1.29, 1.82) is 0 Å². The molecule has 156 valence electrons. The number of benzene rings is 2. The minimum Gasteiger partial charge on any atom is -0.379 e. The van der Waals surface area contributed by atoms with Gasteiger partial charge < -0.3 is 10.1 Å². The third kappa shape index (κ3) is 5.65. The Morgan fingerprint density at radius 1 is 1.03 bits per heavy atom. The molecule has 2 aromatic carbocycles. The van der Waals surface area contributed by atoms with E-state index < -0.39 is 10.0 Å². The summed E-state index contributed by atoms with van der Waals surface area (Å²) < 4.78 is 32.2. The van der Waals surface area contributed by atoms with E-state index in [1.165, 1.54) is 9.87 Å². The van der Waals surface area contributed by atoms with Crippen molar-refractivity contribution in [2.45, 2.75) is 32.1 Å². The lowest BCUT2D eigenvalue weighted by atomic mass is 10.0. The largest absolute Gasteiger partial charge is 0.379 e. The van der Waals surface area contributed by atoms with Crippen LogP contribution in [-0.4, -0.2) is 44.9 Å². The van der Waals surface area contributed by atoms with Gasteiger partial charge in [0.15, 0.2) is 0 Å². The summed E-state index contributed by atoms with van der Waals surface area (Å²) in [5.41, 5.74) is 3.28. The fourth-order valence-corrected chi connectivity index (χ4v) is 4.84. The van der Waals surface area contributed by atoms with Crippen molar-refractivity contribution >= 4 is 15.9 Å². The van der Waals surface area contributed by atoms with Gasteiger partial charge in [0.25, 0.3) is 5.91 Å². The normalized spacial score (nSPS) is 15.4. The van der Waals surface area contributed by atoms with E-state index >= 15 is 0 Å². The zero-order chi connectivity index (χ0) is 20.9. The number of nitrogens with one attached hydrogen (secondary N) is 1. The highest BCUT2D eigenvalue weighted by Crippen LogP contribution is 2.18. The Hall–Kier alpha value is -2.22. The van der Waals surface area contributed by atoms with E-state index in [1.807, 2.05) is 42.5 Å². The number of ether oxygens (including phenoxy) is 1. The molecule has 1 amide bonds. The van der Waals surface area contributed by atoms with Gasteiger partial charge in [-0.05, 0) is 34.7 Å². The molecule has 0 atom stereocenters. The van der Waals surface area contributed by atoms with Crippen molar-refractivity contribution in [2.24, 2.45) is 0 Å². The summed E-state index contributed by atoms with van der Waals surface area (Å²) in [6, 6.07) is 14.9. The molecule has 29 heavy (non-hydrogen) atoms. The average Bonchev–Trinajstić information content (AvgIpc) is 2.73. The maximum absolute atomic E-state index is 12.7. The number of nitrogens with zero attached hydrogens (tertiary/aromatic N) is 1. The van der Waals surface area contributed by atoms with E-state index in [-0.39, 0.29) is 18.2 Å². The first kappa shape index (κ1) is 21.5. The Kier molecular flexibility index (Phi) is 7.05. The van der Waals surface area contributed by atoms with Crippen LogP contribution in [0.3, 0.4) is 0 Å². The van der Waals surface area contributed by atoms with Gasteiger partial charge in [0.05, 0.1) is 19.0 Å². The minimum absolute atomic E-state index is 0.0812. The van der Waals surface area contributed by atoms with E-state index in [0.29, 0.717) is 43.3 Å². The molecule has 0 aliphatic carbocycles. The van der Waals surface area contributed by atoms with Crippen LogP contribution in [-0.2, 0) is 27.1 Å². The van der Waals surface area contributed by atoms with E-state index in [0.717, 1.165) is 5.56 Å². The number of amides is 1. The van der Waals surface area contributed by atoms with Crippen LogP contribution in [0.2, 0.25) is 0 Å². The number of sulfonamides is 1. The van der Waals surface area contributed by atoms with Crippen molar-refractivity contribution < 1.29 is 17.9 Å². The molecule has 2 aromatic rings. The molecule has 1 N–H and O–H groups in total. The van der Waals surface area contributed by atoms with Crippen LogP contribution in [0.4, 0.5) is 0 Å². The number of carbonyl (C=O) groups excluding carboxylic acids is 1. The highest BCUT2D eigenvalue weighted by molar-refractivity contribution is 7.88. The molecule has 1 aliphatic heterocycles. The molecule has 6 nitrogen and oxygen atoms in total. The third-order valence-electron chi connectivity index (χ3n) is 5.10. The predicted octanol–water partition coefficient (Wildman–Crippen LogP) is 2.90. The summed E-state index contributed by atoms with van der Waals surface area (Å²) in [5, 5.41) is 2.90. The van der Waals surface area contributed by atoms with Crippen molar-refractivity contribution in [1.82, 2.24) is 9.62 Å². The van der Waals surface area contributed by atoms with Gasteiger partial charge in [-0.2, -0.15) is 4.31 Å². The molecule has 1 aliphatic rings. The van der Waals surface area contributed by atoms with Crippen LogP contribution in [0.25, 0.3) is 0 Å². The molecular formula is C22H28N2O4S. The van der Waals surface area contributed by atoms with E-state index in [4.69, 9.17) is 4.74 Å². The van der Waals surface area contributed by atoms with Crippen molar-refractivity contribution in [2.75, 3.05) is 26.3 Å². The molecule has 0 bridgehead atoms. The molecule has 0 radical (unpaired) electrons. The monoisotopic (exact) mass is 416 g/mol. The van der Waals surface area contributed by atoms with Crippen LogP contribution < -0.4 is 5.32 Å². The minimum atomic E-state index is -3.42. The van der Waals surface area contributed by atoms with E-state index in [9.17, 15) is 13.2 Å². The predicted molar refractivity (Wildman–Crippen MR) is 113 cm³/mol. The molecule has 1 saturated heterocycles. The molecule has 7 heteroatoms. The highest BCUT2D eigenvalue weighted by Gasteiger charge is 2.25. The first-order valence-corrected chi connectivity index (χ1v) is 11.5. The van der Waals surface area contributed by atoms with Gasteiger partial charge >= 0.3 is 0 Å². The van der Waals surface area contributed by atoms with Gasteiger partial charge in [-0.15, -0.1) is 0 Å². The zero-order valence-electron chi connectivity index (χ0n) is 16.9. The summed E-state index contributed by atoms with van der Waals surface area (Å²) in [5.74, 6) is 0.154. The number of morpholine rings is 1. The van der Waals surface area contributed by atoms with Crippen molar-refractivity contribution in [3.63, 3.8) is 0 Å². The summed E-state index contributed by atoms with van der Waals surface area (Å²) in [6.07, 6.45) is 0. The highest BCUT2D eigenvalue weighted by atomic mass is 32.2. The molecule has 0 aromatic heterocycles. The van der Waals surface area contributed by atoms with Gasteiger partial charge in [-0.3, -0.25) is 4.79 Å². The first-order valence-electron chi connectivity index (χ1n) is 9.87. The summed E-state index contributed by atoms with van der Waals surface area (Å²) in [6.45, 7) is 6.10. The molecule has 0 spiro atoms. The lowest BCUT2D eigenvalue weighted by Crippen LogP contribution is -2.41. The van der Waals surface area contributed by atoms with E-state index in [1.54, 1.807) is 6.07 Å². The van der Waals surface area contributed by atoms with Crippen LogP contribution in [0, 0.1) is 0 Å². The Bertz CT molecular complexity index is 934. The Morgan fingerprint density at radius 2 is 1.66 bits per heavy atom. The summed E-state index contributed by atoms with van der Waals surface area (Å²) in [7, 11) is -3.42. The smallest absolute Gasteiger partial charge is 0.251 e. The topological polar surface area (TPSA) is 75.7 Å². The summed E-state index contributed by atoms with van der Waals surface area (Å²) in [4.78, 5) is 12.5. The molecule has 0 saturated carbocycles. The standard InChI is InChI=1S/C22H28N2O4S/c1-17(2)18-7-9-19(10-8-18)22(25)23-15-20-5-3-4-6-21(20)16-29(26,27)24-11-13-28-14-12-24/h3-10,17H,11-16H2,1-2H3,(H,23,25). The second-order valence-electron chi connectivity index (χ2n) is 7.50. The Labute approximate surface area is 172 Å². The van der Waals surface area contributed by atoms with Gasteiger partial charge in [0.1, 0.15) is 0 Å². The zero-order valence-corrected chi connectivity index (χ0v) is 17.7. The number of hydrogen-bond acceptors (Lipinski definition) is 4. The second-order valence-corrected chi connectivity index (χ2v) is 9.46. The molecule has 1 heterocycles. The summed E-state index contributed by atoms with van der Waals surface area (Å²) >= 11 is 0. The third-order valence-corrected chi connectivity index (χ3v) is 6.93. The fourth-order valence-electron chi connectivity index (χ4n) is 3.28.